The molecule has 2 aromatic rings. The molecule has 0 bridgehead atoms. The van der Waals surface area contributed by atoms with Crippen molar-refractivity contribution in [3.05, 3.63) is 65.7 Å². The molecule has 0 saturated heterocycles. The molecule has 46 heavy (non-hydrogen) atoms. The Morgan fingerprint density at radius 2 is 1.43 bits per heavy atom. The second-order valence-electron chi connectivity index (χ2n) is 13.7. The molecular formula is C36H53N3O7. The minimum atomic E-state index is -1.19. The van der Waals surface area contributed by atoms with Crippen LogP contribution < -0.4 is 10.6 Å². The zero-order valence-electron chi connectivity index (χ0n) is 28.9. The van der Waals surface area contributed by atoms with Crippen LogP contribution in [0.3, 0.4) is 0 Å². The number of carbonyl (C=O) groups excluding carboxylic acids is 4. The van der Waals surface area contributed by atoms with Gasteiger partial charge in [0.25, 0.3) is 0 Å². The molecule has 2 aromatic carbocycles. The van der Waals surface area contributed by atoms with Crippen molar-refractivity contribution in [1.29, 1.82) is 0 Å². The fraction of sp³-hybridized carbons (Fsp3) is 0.556. The number of alkyl carbamates (subject to hydrolysis) is 1. The summed E-state index contributed by atoms with van der Waals surface area (Å²) in [6.45, 7) is 16.4. The highest BCUT2D eigenvalue weighted by atomic mass is 16.6. The van der Waals surface area contributed by atoms with Crippen LogP contribution in [0.15, 0.2) is 54.6 Å². The van der Waals surface area contributed by atoms with Crippen molar-refractivity contribution in [3.63, 3.8) is 0 Å². The van der Waals surface area contributed by atoms with Crippen molar-refractivity contribution in [2.45, 2.75) is 117 Å². The van der Waals surface area contributed by atoms with Gasteiger partial charge in [-0.05, 0) is 77.1 Å². The Labute approximate surface area is 274 Å². The van der Waals surface area contributed by atoms with Gasteiger partial charge in [0, 0.05) is 13.0 Å². The maximum atomic E-state index is 14.5. The molecule has 0 saturated carbocycles. The zero-order valence-corrected chi connectivity index (χ0v) is 28.9. The second-order valence-corrected chi connectivity index (χ2v) is 13.7. The Bertz CT molecular complexity index is 1280. The van der Waals surface area contributed by atoms with Gasteiger partial charge in [-0.25, -0.2) is 9.59 Å². The first-order chi connectivity index (χ1) is 21.5. The van der Waals surface area contributed by atoms with Crippen LogP contribution in [0.1, 0.15) is 98.7 Å². The summed E-state index contributed by atoms with van der Waals surface area (Å²) in [5, 5.41) is 15.7. The van der Waals surface area contributed by atoms with E-state index in [9.17, 15) is 24.3 Å². The van der Waals surface area contributed by atoms with E-state index < -0.39 is 53.2 Å². The normalized spacial score (nSPS) is 14.3. The molecule has 2 rings (SSSR count). The molecule has 254 valence electrons. The summed E-state index contributed by atoms with van der Waals surface area (Å²) in [7, 11) is 0. The van der Waals surface area contributed by atoms with Crippen molar-refractivity contribution in [2.24, 2.45) is 5.92 Å². The number of rotatable bonds is 14. The molecular weight excluding hydrogens is 586 g/mol. The van der Waals surface area contributed by atoms with Gasteiger partial charge in [-0.2, -0.15) is 0 Å². The van der Waals surface area contributed by atoms with Crippen LogP contribution in [0.4, 0.5) is 4.79 Å². The predicted octanol–water partition coefficient (Wildman–Crippen LogP) is 6.07. The minimum absolute atomic E-state index is 0.00544. The molecule has 4 atom stereocenters. The zero-order chi connectivity index (χ0) is 34.7. The monoisotopic (exact) mass is 639 g/mol. The van der Waals surface area contributed by atoms with Gasteiger partial charge in [-0.1, -0.05) is 76.1 Å². The molecule has 0 heterocycles. The topological polar surface area (TPSA) is 134 Å². The lowest BCUT2D eigenvalue weighted by atomic mass is 9.95. The highest BCUT2D eigenvalue weighted by Crippen LogP contribution is 2.27. The number of benzene rings is 2. The van der Waals surface area contributed by atoms with E-state index in [1.165, 1.54) is 17.0 Å². The fourth-order valence-electron chi connectivity index (χ4n) is 4.79. The van der Waals surface area contributed by atoms with E-state index in [4.69, 9.17) is 9.47 Å². The number of nitrogens with one attached hydrogen (secondary N) is 2. The van der Waals surface area contributed by atoms with E-state index in [-0.39, 0.29) is 24.6 Å². The maximum Gasteiger partial charge on any atom is 0.408 e. The van der Waals surface area contributed by atoms with E-state index >= 15 is 0 Å². The van der Waals surface area contributed by atoms with E-state index in [0.717, 1.165) is 12.0 Å². The van der Waals surface area contributed by atoms with Crippen LogP contribution in [-0.4, -0.2) is 63.7 Å². The van der Waals surface area contributed by atoms with E-state index in [1.807, 2.05) is 51.1 Å². The molecule has 3 amide bonds. The van der Waals surface area contributed by atoms with Gasteiger partial charge in [0.15, 0.2) is 0 Å². The summed E-state index contributed by atoms with van der Waals surface area (Å²) < 4.78 is 11.2. The number of carbonyl (C=O) groups is 4. The number of unbranched alkanes of at least 4 members (excludes halogenated alkanes) is 1. The van der Waals surface area contributed by atoms with Gasteiger partial charge in [0.2, 0.25) is 11.8 Å². The van der Waals surface area contributed by atoms with Crippen molar-refractivity contribution < 1.29 is 33.8 Å². The van der Waals surface area contributed by atoms with Gasteiger partial charge >= 0.3 is 12.1 Å². The predicted molar refractivity (Wildman–Crippen MR) is 178 cm³/mol. The number of amides is 3. The Kier molecular flexibility index (Phi) is 14.1. The van der Waals surface area contributed by atoms with Crippen molar-refractivity contribution >= 4 is 23.9 Å². The Morgan fingerprint density at radius 3 is 1.96 bits per heavy atom. The number of esters is 1. The number of aromatic hydroxyl groups is 1. The standard InChI is InChI=1S/C36H53N3O7/c1-10-12-22-39(32(42)29(24(3)11-2)38-34(44)46-36(7,8)9)30(26-18-20-27(40)21-19-26)31(41)37-28(33(43)45-35(4,5)6)23-25-16-14-13-15-17-25/h13-21,24,28-30,40H,10-12,22-23H2,1-9H3,(H,37,41)(H,38,44). The lowest BCUT2D eigenvalue weighted by Gasteiger charge is -2.36. The molecule has 0 fully saturated rings. The Hall–Kier alpha value is -4.08. The summed E-state index contributed by atoms with van der Waals surface area (Å²) >= 11 is 0. The first kappa shape index (κ1) is 38.1. The van der Waals surface area contributed by atoms with E-state index in [2.05, 4.69) is 10.6 Å². The third-order valence-electron chi connectivity index (χ3n) is 7.25. The highest BCUT2D eigenvalue weighted by Gasteiger charge is 2.39. The minimum Gasteiger partial charge on any atom is -0.508 e. The van der Waals surface area contributed by atoms with Gasteiger partial charge in [-0.3, -0.25) is 9.59 Å². The number of phenolic OH excluding ortho intramolecular Hbond substituents is 1. The molecule has 0 spiro atoms. The van der Waals surface area contributed by atoms with Gasteiger partial charge < -0.3 is 30.1 Å². The van der Waals surface area contributed by atoms with Gasteiger partial charge in [-0.15, -0.1) is 0 Å². The molecule has 0 aliphatic carbocycles. The molecule has 0 aliphatic heterocycles. The molecule has 0 radical (unpaired) electrons. The third kappa shape index (κ3) is 12.4. The summed E-state index contributed by atoms with van der Waals surface area (Å²) in [6.07, 6.45) is 1.31. The smallest absolute Gasteiger partial charge is 0.408 e. The SMILES string of the molecule is CCCCN(C(=O)C(NC(=O)OC(C)(C)C)C(C)CC)C(C(=O)NC(Cc1ccccc1)C(=O)OC(C)(C)C)c1ccc(O)cc1. The largest absolute Gasteiger partial charge is 0.508 e. The van der Waals surface area contributed by atoms with Crippen LogP contribution in [-0.2, 0) is 30.3 Å². The molecule has 0 aromatic heterocycles. The Morgan fingerprint density at radius 1 is 0.848 bits per heavy atom. The van der Waals surface area contributed by atoms with E-state index in [0.29, 0.717) is 18.4 Å². The number of nitrogens with zero attached hydrogens (tertiary/aromatic N) is 1. The summed E-state index contributed by atoms with van der Waals surface area (Å²) in [4.78, 5) is 56.6. The fourth-order valence-corrected chi connectivity index (χ4v) is 4.79. The number of ether oxygens (including phenoxy) is 2. The van der Waals surface area contributed by atoms with Gasteiger partial charge in [0.1, 0.15) is 35.1 Å². The highest BCUT2D eigenvalue weighted by molar-refractivity contribution is 5.94. The average Bonchev–Trinajstić information content (AvgIpc) is 2.96. The lowest BCUT2D eigenvalue weighted by Crippen LogP contribution is -2.56. The van der Waals surface area contributed by atoms with Crippen molar-refractivity contribution in [1.82, 2.24) is 15.5 Å². The number of hydrogen-bond donors (Lipinski definition) is 3. The van der Waals surface area contributed by atoms with Crippen molar-refractivity contribution in [2.75, 3.05) is 6.54 Å². The van der Waals surface area contributed by atoms with Crippen LogP contribution in [0.25, 0.3) is 0 Å². The molecule has 10 nitrogen and oxygen atoms in total. The third-order valence-corrected chi connectivity index (χ3v) is 7.25. The quantitative estimate of drug-likeness (QED) is 0.214. The average molecular weight is 640 g/mol. The van der Waals surface area contributed by atoms with Crippen LogP contribution in [0.5, 0.6) is 5.75 Å². The number of phenols is 1. The first-order valence-electron chi connectivity index (χ1n) is 16.1. The van der Waals surface area contributed by atoms with E-state index in [1.54, 1.807) is 53.7 Å². The lowest BCUT2D eigenvalue weighted by molar-refractivity contribution is -0.159. The first-order valence-corrected chi connectivity index (χ1v) is 16.1. The summed E-state index contributed by atoms with van der Waals surface area (Å²) in [6, 6.07) is 12.1. The maximum absolute atomic E-state index is 14.5. The summed E-state index contributed by atoms with van der Waals surface area (Å²) in [5.74, 6) is -1.96. The van der Waals surface area contributed by atoms with Crippen LogP contribution in [0, 0.1) is 5.92 Å². The van der Waals surface area contributed by atoms with Crippen molar-refractivity contribution in [3.8, 4) is 5.75 Å². The van der Waals surface area contributed by atoms with Crippen LogP contribution >= 0.6 is 0 Å². The molecule has 4 unspecified atom stereocenters. The van der Waals surface area contributed by atoms with Gasteiger partial charge in [0.05, 0.1) is 0 Å². The van der Waals surface area contributed by atoms with Crippen LogP contribution in [0.2, 0.25) is 0 Å². The number of hydrogen-bond acceptors (Lipinski definition) is 7. The Balaban J connectivity index is 2.61. The molecule has 10 heteroatoms. The second kappa shape index (κ2) is 17.0. The molecule has 3 N–H and O–H groups in total. The molecule has 0 aliphatic rings. The summed E-state index contributed by atoms with van der Waals surface area (Å²) in [5.41, 5.74) is -0.328.